The molecule has 176 valence electrons. The summed E-state index contributed by atoms with van der Waals surface area (Å²) < 4.78 is 7.24. The Morgan fingerprint density at radius 2 is 1.36 bits per heavy atom. The van der Waals surface area contributed by atoms with Gasteiger partial charge in [0.15, 0.2) is 5.58 Å². The van der Waals surface area contributed by atoms with Gasteiger partial charge in [0.05, 0.1) is 10.2 Å². The van der Waals surface area contributed by atoms with Gasteiger partial charge in [0.25, 0.3) is 0 Å². The number of benzene rings is 4. The van der Waals surface area contributed by atoms with Crippen LogP contribution in [0.15, 0.2) is 95.4 Å². The molecule has 0 aliphatic rings. The number of para-hydroxylation sites is 1. The van der Waals surface area contributed by atoms with Gasteiger partial charge in [-0.05, 0) is 58.5 Å². The third-order valence-corrected chi connectivity index (χ3v) is 7.42. The van der Waals surface area contributed by atoms with E-state index in [1.54, 1.807) is 11.3 Å². The third kappa shape index (κ3) is 4.48. The average Bonchev–Trinajstić information content (AvgIpc) is 3.51. The molecule has 0 spiro atoms. The van der Waals surface area contributed by atoms with E-state index in [0.29, 0.717) is 5.89 Å². The fourth-order valence-corrected chi connectivity index (χ4v) is 5.15. The van der Waals surface area contributed by atoms with Gasteiger partial charge in [-0.25, -0.2) is 9.97 Å². The van der Waals surface area contributed by atoms with E-state index in [9.17, 15) is 0 Å². The van der Waals surface area contributed by atoms with Crippen molar-refractivity contribution in [3.63, 3.8) is 0 Å². The molecule has 36 heavy (non-hydrogen) atoms. The molecule has 0 bridgehead atoms. The first-order valence-corrected chi connectivity index (χ1v) is 12.9. The van der Waals surface area contributed by atoms with Crippen LogP contribution in [0.2, 0.25) is 0 Å². The van der Waals surface area contributed by atoms with Crippen LogP contribution in [0.25, 0.3) is 55.5 Å². The molecule has 2 heterocycles. The molecule has 0 fully saturated rings. The van der Waals surface area contributed by atoms with E-state index in [1.165, 1.54) is 10.3 Å². The largest absolute Gasteiger partial charge is 0.436 e. The van der Waals surface area contributed by atoms with Crippen LogP contribution in [0.5, 0.6) is 0 Å². The van der Waals surface area contributed by atoms with E-state index >= 15 is 0 Å². The molecule has 4 aromatic carbocycles. The zero-order valence-electron chi connectivity index (χ0n) is 20.5. The lowest BCUT2D eigenvalue weighted by atomic mass is 9.87. The number of fused-ring (bicyclic) bond motifs is 2. The molecule has 0 saturated carbocycles. The second kappa shape index (κ2) is 8.89. The molecule has 0 saturated heterocycles. The van der Waals surface area contributed by atoms with Gasteiger partial charge in [0, 0.05) is 11.1 Å². The second-order valence-electron chi connectivity index (χ2n) is 10.0. The lowest BCUT2D eigenvalue weighted by Gasteiger charge is -2.18. The monoisotopic (exact) mass is 486 g/mol. The highest BCUT2D eigenvalue weighted by atomic mass is 32.1. The van der Waals surface area contributed by atoms with E-state index < -0.39 is 0 Å². The summed E-state index contributed by atoms with van der Waals surface area (Å²) in [4.78, 5) is 9.49. The second-order valence-corrected chi connectivity index (χ2v) is 11.0. The summed E-state index contributed by atoms with van der Waals surface area (Å²) in [5, 5.41) is 1.05. The first kappa shape index (κ1) is 22.4. The molecule has 4 heteroatoms. The molecular weight excluding hydrogens is 460 g/mol. The highest BCUT2D eigenvalue weighted by Crippen LogP contribution is 2.31. The number of nitrogens with zero attached hydrogens (tertiary/aromatic N) is 2. The molecule has 0 unspecified atom stereocenters. The van der Waals surface area contributed by atoms with Crippen LogP contribution in [-0.4, -0.2) is 9.97 Å². The van der Waals surface area contributed by atoms with Gasteiger partial charge in [0.1, 0.15) is 10.5 Å². The Bertz CT molecular complexity index is 1670. The predicted molar refractivity (Wildman–Crippen MR) is 152 cm³/mol. The molecule has 0 N–H and O–H groups in total. The standard InChI is InChI=1S/C32H26N2OS/c1-32(2,3)25-18-19-28-27(20-25)33-30(35-28)23-14-10-21(11-15-23)8-9-22-12-16-24(17-13-22)31-34-26-6-4-5-7-29(26)36-31/h4-20H,1-3H3. The molecule has 0 amide bonds. The molecular formula is C32H26N2OS. The molecule has 6 rings (SSSR count). The third-order valence-electron chi connectivity index (χ3n) is 6.33. The summed E-state index contributed by atoms with van der Waals surface area (Å²) in [7, 11) is 0. The minimum Gasteiger partial charge on any atom is -0.436 e. The highest BCUT2D eigenvalue weighted by Gasteiger charge is 2.16. The van der Waals surface area contributed by atoms with Crippen molar-refractivity contribution in [3.8, 4) is 22.0 Å². The number of hydrogen-bond acceptors (Lipinski definition) is 4. The summed E-state index contributed by atoms with van der Waals surface area (Å²) >= 11 is 1.73. The zero-order valence-corrected chi connectivity index (χ0v) is 21.3. The Morgan fingerprint density at radius 3 is 2.03 bits per heavy atom. The maximum atomic E-state index is 6.02. The fraction of sp³-hybridized carbons (Fsp3) is 0.125. The van der Waals surface area contributed by atoms with Crippen molar-refractivity contribution >= 4 is 44.8 Å². The Labute approximate surface area is 214 Å². The van der Waals surface area contributed by atoms with Crippen LogP contribution < -0.4 is 0 Å². The summed E-state index contributed by atoms with van der Waals surface area (Å²) in [6, 6.07) is 31.4. The van der Waals surface area contributed by atoms with Gasteiger partial charge >= 0.3 is 0 Å². The van der Waals surface area contributed by atoms with Gasteiger partial charge < -0.3 is 4.42 Å². The minimum atomic E-state index is 0.0805. The summed E-state index contributed by atoms with van der Waals surface area (Å²) in [5.41, 5.74) is 8.49. The van der Waals surface area contributed by atoms with Crippen molar-refractivity contribution < 1.29 is 4.42 Å². The number of thiazole rings is 1. The first-order valence-electron chi connectivity index (χ1n) is 12.1. The predicted octanol–water partition coefficient (Wildman–Crippen LogP) is 9.24. The summed E-state index contributed by atoms with van der Waals surface area (Å²) in [6.45, 7) is 6.62. The van der Waals surface area contributed by atoms with Crippen molar-refractivity contribution in [3.05, 3.63) is 108 Å². The average molecular weight is 487 g/mol. The quantitative estimate of drug-likeness (QED) is 0.233. The van der Waals surface area contributed by atoms with Crippen LogP contribution in [0.4, 0.5) is 0 Å². The Kier molecular flexibility index (Phi) is 5.54. The maximum Gasteiger partial charge on any atom is 0.227 e. The van der Waals surface area contributed by atoms with Crippen LogP contribution >= 0.6 is 11.3 Å². The number of aromatic nitrogens is 2. The van der Waals surface area contributed by atoms with E-state index in [1.807, 2.05) is 12.1 Å². The topological polar surface area (TPSA) is 38.9 Å². The maximum absolute atomic E-state index is 6.02. The Morgan fingerprint density at radius 1 is 0.694 bits per heavy atom. The van der Waals surface area contributed by atoms with E-state index in [4.69, 9.17) is 14.4 Å². The summed E-state index contributed by atoms with van der Waals surface area (Å²) in [5.74, 6) is 0.650. The van der Waals surface area contributed by atoms with Crippen molar-refractivity contribution in [2.45, 2.75) is 26.2 Å². The molecule has 2 aromatic heterocycles. The SMILES string of the molecule is CC(C)(C)c1ccc2oc(-c3ccc(C=Cc4ccc(-c5nc6ccccc6s5)cc4)cc3)nc2c1. The molecule has 0 atom stereocenters. The molecule has 6 aromatic rings. The van der Waals surface area contributed by atoms with Crippen LogP contribution in [0, 0.1) is 0 Å². The highest BCUT2D eigenvalue weighted by molar-refractivity contribution is 7.21. The van der Waals surface area contributed by atoms with Crippen LogP contribution in [0.3, 0.4) is 0 Å². The lowest BCUT2D eigenvalue weighted by molar-refractivity contribution is 0.590. The first-order chi connectivity index (χ1) is 17.4. The number of oxazole rings is 1. The number of hydrogen-bond donors (Lipinski definition) is 0. The van der Waals surface area contributed by atoms with Gasteiger partial charge in [0.2, 0.25) is 5.89 Å². The van der Waals surface area contributed by atoms with Crippen LogP contribution in [-0.2, 0) is 5.41 Å². The van der Waals surface area contributed by atoms with Crippen LogP contribution in [0.1, 0.15) is 37.5 Å². The Balaban J connectivity index is 1.18. The fourth-order valence-electron chi connectivity index (χ4n) is 4.18. The molecule has 0 aliphatic heterocycles. The van der Waals surface area contributed by atoms with E-state index in [0.717, 1.165) is 43.9 Å². The van der Waals surface area contributed by atoms with E-state index in [2.05, 4.69) is 112 Å². The molecule has 0 aliphatic carbocycles. The van der Waals surface area contributed by atoms with Crippen molar-refractivity contribution in [2.75, 3.05) is 0 Å². The van der Waals surface area contributed by atoms with Gasteiger partial charge in [-0.3, -0.25) is 0 Å². The lowest BCUT2D eigenvalue weighted by Crippen LogP contribution is -2.10. The molecule has 0 radical (unpaired) electrons. The smallest absolute Gasteiger partial charge is 0.227 e. The number of rotatable bonds is 4. The van der Waals surface area contributed by atoms with Gasteiger partial charge in [-0.2, -0.15) is 0 Å². The Hall–Kier alpha value is -4.02. The normalized spacial score (nSPS) is 12.2. The van der Waals surface area contributed by atoms with E-state index in [-0.39, 0.29) is 5.41 Å². The minimum absolute atomic E-state index is 0.0805. The van der Waals surface area contributed by atoms with Crippen molar-refractivity contribution in [1.82, 2.24) is 9.97 Å². The summed E-state index contributed by atoms with van der Waals surface area (Å²) in [6.07, 6.45) is 4.25. The molecule has 3 nitrogen and oxygen atoms in total. The van der Waals surface area contributed by atoms with Gasteiger partial charge in [-0.1, -0.05) is 87.5 Å². The van der Waals surface area contributed by atoms with Crippen molar-refractivity contribution in [2.24, 2.45) is 0 Å². The van der Waals surface area contributed by atoms with Crippen molar-refractivity contribution in [1.29, 1.82) is 0 Å². The zero-order chi connectivity index (χ0) is 24.7. The van der Waals surface area contributed by atoms with Gasteiger partial charge in [-0.15, -0.1) is 11.3 Å².